The number of thiazole rings is 1. The minimum absolute atomic E-state index is 0.0453. The lowest BCUT2D eigenvalue weighted by Crippen LogP contribution is -2.37. The Hall–Kier alpha value is -2.46. The van der Waals surface area contributed by atoms with Crippen LogP contribution in [0.3, 0.4) is 0 Å². The topological polar surface area (TPSA) is 126 Å². The number of benzene rings is 2. The number of aromatic nitrogens is 1. The number of sulfone groups is 1. The number of carbonyl (C=O) groups is 1. The molecule has 1 amide bonds. The molecular formula is C25H34N4O7S3. The van der Waals surface area contributed by atoms with Gasteiger partial charge in [0.05, 0.1) is 27.7 Å². The van der Waals surface area contributed by atoms with Crippen LogP contribution in [0.4, 0.5) is 5.13 Å². The fraction of sp³-hybridized carbons (Fsp3) is 0.440. The van der Waals surface area contributed by atoms with Gasteiger partial charge in [-0.25, -0.2) is 21.8 Å². The molecular weight excluding hydrogens is 564 g/mol. The number of para-hydroxylation sites is 1. The molecule has 0 unspecified atom stereocenters. The Balaban J connectivity index is 1.96. The van der Waals surface area contributed by atoms with E-state index in [9.17, 15) is 21.6 Å². The molecule has 0 aliphatic rings. The molecule has 0 atom stereocenters. The molecule has 0 N–H and O–H groups in total. The first-order valence-electron chi connectivity index (χ1n) is 12.0. The summed E-state index contributed by atoms with van der Waals surface area (Å²) in [4.78, 5) is 21.7. The number of likely N-dealkylation sites (N-methyl/N-ethyl adjacent to an activating group) is 1. The Morgan fingerprint density at radius 2 is 1.51 bits per heavy atom. The minimum atomic E-state index is -3.84. The summed E-state index contributed by atoms with van der Waals surface area (Å²) < 4.78 is 63.0. The van der Waals surface area contributed by atoms with Gasteiger partial charge in [-0.1, -0.05) is 17.4 Å². The molecule has 1 heterocycles. The zero-order chi connectivity index (χ0) is 28.8. The highest BCUT2D eigenvalue weighted by molar-refractivity contribution is 7.91. The van der Waals surface area contributed by atoms with E-state index in [0.717, 1.165) is 6.26 Å². The van der Waals surface area contributed by atoms with Crippen LogP contribution in [0.2, 0.25) is 0 Å². The summed E-state index contributed by atoms with van der Waals surface area (Å²) in [5, 5.41) is 0.356. The van der Waals surface area contributed by atoms with Gasteiger partial charge in [-0.3, -0.25) is 9.69 Å². The number of amides is 1. The standard InChI is InChI=1S/C25H34N4O7S3/c1-27(2)13-14-29(25-26-23-21(37-25)7-6-8-22(23)38(5,31)32)24(30)19-9-11-20(12-10-19)39(33,34)28(15-17-35-3)16-18-36-4/h6-12H,13-18H2,1-5H3. The molecule has 3 rings (SSSR count). The van der Waals surface area contributed by atoms with Crippen LogP contribution < -0.4 is 4.90 Å². The van der Waals surface area contributed by atoms with E-state index in [1.807, 2.05) is 19.0 Å². The predicted octanol–water partition coefficient (Wildman–Crippen LogP) is 2.19. The van der Waals surface area contributed by atoms with Crippen molar-refractivity contribution in [3.05, 3.63) is 48.0 Å². The van der Waals surface area contributed by atoms with E-state index in [2.05, 4.69) is 4.98 Å². The first-order valence-corrected chi connectivity index (χ1v) is 16.2. The second-order valence-electron chi connectivity index (χ2n) is 9.05. The molecule has 0 aliphatic carbocycles. The predicted molar refractivity (Wildman–Crippen MR) is 152 cm³/mol. The highest BCUT2D eigenvalue weighted by Gasteiger charge is 2.27. The summed E-state index contributed by atoms with van der Waals surface area (Å²) in [6.45, 7) is 1.60. The van der Waals surface area contributed by atoms with Crippen LogP contribution in [0.25, 0.3) is 10.2 Å². The number of hydrogen-bond acceptors (Lipinski definition) is 10. The van der Waals surface area contributed by atoms with Gasteiger partial charge >= 0.3 is 0 Å². The number of sulfonamides is 1. The molecule has 11 nitrogen and oxygen atoms in total. The van der Waals surface area contributed by atoms with Gasteiger partial charge in [0.15, 0.2) is 15.0 Å². The van der Waals surface area contributed by atoms with Gasteiger partial charge < -0.3 is 14.4 Å². The summed E-state index contributed by atoms with van der Waals surface area (Å²) in [6, 6.07) is 10.6. The number of ether oxygens (including phenoxy) is 2. The molecule has 39 heavy (non-hydrogen) atoms. The lowest BCUT2D eigenvalue weighted by atomic mass is 10.2. The van der Waals surface area contributed by atoms with Crippen molar-refractivity contribution in [1.29, 1.82) is 0 Å². The van der Waals surface area contributed by atoms with Crippen LogP contribution in [0.15, 0.2) is 52.3 Å². The minimum Gasteiger partial charge on any atom is -0.383 e. The third kappa shape index (κ3) is 7.60. The van der Waals surface area contributed by atoms with Crippen LogP contribution in [0.1, 0.15) is 10.4 Å². The van der Waals surface area contributed by atoms with Crippen LogP contribution in [0, 0.1) is 0 Å². The van der Waals surface area contributed by atoms with E-state index in [1.165, 1.54) is 65.1 Å². The number of hydrogen-bond donors (Lipinski definition) is 0. The first kappa shape index (κ1) is 31.1. The molecule has 214 valence electrons. The van der Waals surface area contributed by atoms with Crippen molar-refractivity contribution in [3.8, 4) is 0 Å². The number of carbonyl (C=O) groups excluding carboxylic acids is 1. The second kappa shape index (κ2) is 13.3. The Bertz CT molecular complexity index is 1480. The van der Waals surface area contributed by atoms with Crippen LogP contribution in [0.5, 0.6) is 0 Å². The molecule has 0 saturated carbocycles. The first-order chi connectivity index (χ1) is 18.4. The molecule has 1 aromatic heterocycles. The fourth-order valence-corrected chi connectivity index (χ4v) is 7.05. The molecule has 0 saturated heterocycles. The van der Waals surface area contributed by atoms with Gasteiger partial charge in [0.25, 0.3) is 5.91 Å². The molecule has 0 fully saturated rings. The molecule has 0 spiro atoms. The van der Waals surface area contributed by atoms with Crippen molar-refractivity contribution in [3.63, 3.8) is 0 Å². The van der Waals surface area contributed by atoms with Crippen molar-refractivity contribution in [1.82, 2.24) is 14.2 Å². The number of nitrogens with zero attached hydrogens (tertiary/aromatic N) is 4. The zero-order valence-corrected chi connectivity index (χ0v) is 25.1. The molecule has 0 aliphatic heterocycles. The van der Waals surface area contributed by atoms with Gasteiger partial charge in [0.1, 0.15) is 5.52 Å². The van der Waals surface area contributed by atoms with Gasteiger partial charge in [0, 0.05) is 52.2 Å². The van der Waals surface area contributed by atoms with Crippen molar-refractivity contribution < 1.29 is 31.1 Å². The monoisotopic (exact) mass is 598 g/mol. The number of rotatable bonds is 14. The second-order valence-corrected chi connectivity index (χ2v) is 14.0. The van der Waals surface area contributed by atoms with E-state index < -0.39 is 19.9 Å². The van der Waals surface area contributed by atoms with Gasteiger partial charge in [-0.2, -0.15) is 4.31 Å². The largest absolute Gasteiger partial charge is 0.383 e. The third-order valence-corrected chi connectivity index (χ3v) is 9.93. The smallest absolute Gasteiger partial charge is 0.260 e. The molecule has 14 heteroatoms. The number of anilines is 1. The maximum atomic E-state index is 13.7. The fourth-order valence-electron chi connectivity index (χ4n) is 3.72. The quantitative estimate of drug-likeness (QED) is 0.274. The Morgan fingerprint density at radius 1 is 0.897 bits per heavy atom. The Labute approximate surface area is 233 Å². The SMILES string of the molecule is COCCN(CCOC)S(=O)(=O)c1ccc(C(=O)N(CCN(C)C)c2nc3c(S(C)(=O)=O)cccc3s2)cc1. The van der Waals surface area contributed by atoms with Crippen molar-refractivity contribution in [2.45, 2.75) is 9.79 Å². The van der Waals surface area contributed by atoms with Crippen molar-refractivity contribution >= 4 is 52.5 Å². The zero-order valence-electron chi connectivity index (χ0n) is 22.7. The van der Waals surface area contributed by atoms with Crippen LogP contribution in [-0.2, 0) is 29.3 Å². The highest BCUT2D eigenvalue weighted by Crippen LogP contribution is 2.33. The highest BCUT2D eigenvalue weighted by atomic mass is 32.2. The molecule has 0 radical (unpaired) electrons. The Morgan fingerprint density at radius 3 is 2.05 bits per heavy atom. The van der Waals surface area contributed by atoms with E-state index in [1.54, 1.807) is 12.1 Å². The lowest BCUT2D eigenvalue weighted by molar-refractivity contribution is 0.0985. The number of fused-ring (bicyclic) bond motifs is 1. The summed E-state index contributed by atoms with van der Waals surface area (Å²) >= 11 is 1.22. The van der Waals surface area contributed by atoms with E-state index in [4.69, 9.17) is 9.47 Å². The molecule has 2 aromatic carbocycles. The Kier molecular flexibility index (Phi) is 10.6. The van der Waals surface area contributed by atoms with Crippen LogP contribution >= 0.6 is 11.3 Å². The van der Waals surface area contributed by atoms with E-state index >= 15 is 0 Å². The van der Waals surface area contributed by atoms with Crippen molar-refractivity contribution in [2.75, 3.05) is 78.9 Å². The van der Waals surface area contributed by atoms with E-state index in [-0.39, 0.29) is 47.6 Å². The van der Waals surface area contributed by atoms with Gasteiger partial charge in [-0.05, 0) is 50.5 Å². The lowest BCUT2D eigenvalue weighted by Gasteiger charge is -2.23. The van der Waals surface area contributed by atoms with Crippen LogP contribution in [-0.4, -0.2) is 111 Å². The molecule has 3 aromatic rings. The average Bonchev–Trinajstić information content (AvgIpc) is 3.31. The average molecular weight is 599 g/mol. The maximum Gasteiger partial charge on any atom is 0.260 e. The summed E-state index contributed by atoms with van der Waals surface area (Å²) in [5.74, 6) is -0.378. The summed E-state index contributed by atoms with van der Waals surface area (Å²) in [5.41, 5.74) is 0.590. The summed E-state index contributed by atoms with van der Waals surface area (Å²) in [7, 11) is -0.619. The maximum absolute atomic E-state index is 13.7. The van der Waals surface area contributed by atoms with Gasteiger partial charge in [-0.15, -0.1) is 0 Å². The summed E-state index contributed by atoms with van der Waals surface area (Å²) in [6.07, 6.45) is 1.12. The third-order valence-electron chi connectivity index (χ3n) is 5.85. The van der Waals surface area contributed by atoms with Gasteiger partial charge in [0.2, 0.25) is 10.0 Å². The van der Waals surface area contributed by atoms with Crippen molar-refractivity contribution in [2.24, 2.45) is 0 Å². The normalized spacial score (nSPS) is 12.5. The number of methoxy groups -OCH3 is 2. The molecule has 0 bridgehead atoms. The van der Waals surface area contributed by atoms with E-state index in [0.29, 0.717) is 28.4 Å².